The zero-order valence-electron chi connectivity index (χ0n) is 10.9. The van der Waals surface area contributed by atoms with Crippen molar-refractivity contribution in [3.63, 3.8) is 0 Å². The van der Waals surface area contributed by atoms with Crippen LogP contribution in [0.2, 0.25) is 0 Å². The van der Waals surface area contributed by atoms with Gasteiger partial charge in [0.2, 0.25) is 0 Å². The number of hydrogen-bond acceptors (Lipinski definition) is 3. The van der Waals surface area contributed by atoms with Crippen LogP contribution in [0.3, 0.4) is 0 Å². The summed E-state index contributed by atoms with van der Waals surface area (Å²) < 4.78 is 4.75. The van der Waals surface area contributed by atoms with Crippen molar-refractivity contribution in [1.29, 1.82) is 0 Å². The molecule has 0 radical (unpaired) electrons. The van der Waals surface area contributed by atoms with E-state index in [0.29, 0.717) is 6.04 Å². The minimum absolute atomic E-state index is 0.191. The van der Waals surface area contributed by atoms with Gasteiger partial charge < -0.3 is 10.1 Å². The molecule has 17 heavy (non-hydrogen) atoms. The Morgan fingerprint density at radius 2 is 1.94 bits per heavy atom. The van der Waals surface area contributed by atoms with Gasteiger partial charge in [-0.25, -0.2) is 4.79 Å². The molecule has 2 saturated carbocycles. The molecule has 1 N–H and O–H groups in total. The maximum Gasteiger partial charge on any atom is 0.333 e. The molecule has 3 heteroatoms. The van der Waals surface area contributed by atoms with E-state index in [1.165, 1.54) is 32.8 Å². The molecule has 0 saturated heterocycles. The highest BCUT2D eigenvalue weighted by Gasteiger charge is 2.40. The molecule has 0 bridgehead atoms. The first-order chi connectivity index (χ1) is 8.26. The van der Waals surface area contributed by atoms with Crippen molar-refractivity contribution in [1.82, 2.24) is 5.32 Å². The molecule has 0 aromatic rings. The fourth-order valence-electron chi connectivity index (χ4n) is 2.45. The lowest BCUT2D eigenvalue weighted by Gasteiger charge is -2.16. The third kappa shape index (κ3) is 3.56. The summed E-state index contributed by atoms with van der Waals surface area (Å²) >= 11 is 0. The Bertz CT molecular complexity index is 291. The molecule has 2 fully saturated rings. The molecule has 0 amide bonds. The van der Waals surface area contributed by atoms with E-state index in [9.17, 15) is 4.79 Å². The van der Waals surface area contributed by atoms with Crippen molar-refractivity contribution in [2.45, 2.75) is 45.1 Å². The van der Waals surface area contributed by atoms with E-state index in [-0.39, 0.29) is 5.97 Å². The van der Waals surface area contributed by atoms with Crippen LogP contribution in [-0.2, 0) is 9.53 Å². The van der Waals surface area contributed by atoms with Crippen LogP contribution in [0.1, 0.15) is 39.0 Å². The third-order valence-electron chi connectivity index (χ3n) is 3.79. The highest BCUT2D eigenvalue weighted by molar-refractivity contribution is 5.88. The molecule has 96 valence electrons. The van der Waals surface area contributed by atoms with Crippen LogP contribution < -0.4 is 5.32 Å². The van der Waals surface area contributed by atoms with Crippen molar-refractivity contribution < 1.29 is 9.53 Å². The largest absolute Gasteiger partial charge is 0.466 e. The number of nitrogens with one attached hydrogen (secondary N) is 1. The van der Waals surface area contributed by atoms with Gasteiger partial charge in [0, 0.05) is 18.2 Å². The monoisotopic (exact) mass is 237 g/mol. The summed E-state index contributed by atoms with van der Waals surface area (Å²) in [5.41, 5.74) is 0.783. The Labute approximate surface area is 104 Å². The summed E-state index contributed by atoms with van der Waals surface area (Å²) in [6.45, 7) is 2.79. The van der Waals surface area contributed by atoms with Gasteiger partial charge in [0.15, 0.2) is 0 Å². The first-order valence-corrected chi connectivity index (χ1v) is 6.77. The van der Waals surface area contributed by atoms with Gasteiger partial charge in [0.25, 0.3) is 0 Å². The molecule has 2 aliphatic rings. The summed E-state index contributed by atoms with van der Waals surface area (Å²) in [5.74, 6) is 1.61. The molecule has 0 heterocycles. The number of rotatable bonds is 7. The van der Waals surface area contributed by atoms with E-state index in [1.807, 2.05) is 13.0 Å². The van der Waals surface area contributed by atoms with E-state index in [4.69, 9.17) is 4.74 Å². The highest BCUT2D eigenvalue weighted by atomic mass is 16.5. The van der Waals surface area contributed by atoms with Crippen LogP contribution in [0.15, 0.2) is 11.6 Å². The Kier molecular flexibility index (Phi) is 4.21. The quantitative estimate of drug-likeness (QED) is 0.545. The van der Waals surface area contributed by atoms with Gasteiger partial charge in [0.1, 0.15) is 0 Å². The zero-order chi connectivity index (χ0) is 12.3. The number of hydrogen-bond donors (Lipinski definition) is 1. The Morgan fingerprint density at radius 1 is 1.35 bits per heavy atom. The average molecular weight is 237 g/mol. The summed E-state index contributed by atoms with van der Waals surface area (Å²) in [6, 6.07) is 0.696. The Balaban J connectivity index is 1.79. The predicted molar refractivity (Wildman–Crippen MR) is 67.6 cm³/mol. The van der Waals surface area contributed by atoms with Gasteiger partial charge in [-0.3, -0.25) is 0 Å². The van der Waals surface area contributed by atoms with Crippen molar-refractivity contribution in [3.8, 4) is 0 Å². The van der Waals surface area contributed by atoms with Gasteiger partial charge in [-0.15, -0.1) is 0 Å². The minimum atomic E-state index is -0.191. The fourth-order valence-corrected chi connectivity index (χ4v) is 2.45. The van der Waals surface area contributed by atoms with E-state index in [2.05, 4.69) is 5.32 Å². The molecular weight excluding hydrogens is 214 g/mol. The second kappa shape index (κ2) is 5.67. The lowest BCUT2D eigenvalue weighted by Crippen LogP contribution is -2.33. The van der Waals surface area contributed by atoms with Crippen LogP contribution in [0.5, 0.6) is 0 Å². The zero-order valence-corrected chi connectivity index (χ0v) is 10.9. The van der Waals surface area contributed by atoms with Gasteiger partial charge >= 0.3 is 5.97 Å². The maximum atomic E-state index is 11.4. The predicted octanol–water partition coefficient (Wildman–Crippen LogP) is 2.27. The second-order valence-corrected chi connectivity index (χ2v) is 5.18. The fraction of sp³-hybridized carbons (Fsp3) is 0.786. The van der Waals surface area contributed by atoms with E-state index < -0.39 is 0 Å². The molecular formula is C14H23NO2. The highest BCUT2D eigenvalue weighted by Crippen LogP contribution is 2.44. The number of esters is 1. The molecule has 0 aromatic carbocycles. The van der Waals surface area contributed by atoms with Crippen molar-refractivity contribution >= 4 is 5.97 Å². The average Bonchev–Trinajstić information content (AvgIpc) is 3.19. The summed E-state index contributed by atoms with van der Waals surface area (Å²) in [6.07, 6.45) is 8.27. The first-order valence-electron chi connectivity index (χ1n) is 6.77. The summed E-state index contributed by atoms with van der Waals surface area (Å²) in [5, 5.41) is 3.60. The third-order valence-corrected chi connectivity index (χ3v) is 3.79. The summed E-state index contributed by atoms with van der Waals surface area (Å²) in [7, 11) is 1.44. The smallest absolute Gasteiger partial charge is 0.333 e. The van der Waals surface area contributed by atoms with E-state index in [1.54, 1.807) is 0 Å². The van der Waals surface area contributed by atoms with Crippen LogP contribution in [0.4, 0.5) is 0 Å². The number of carbonyl (C=O) groups is 1. The molecule has 3 nitrogen and oxygen atoms in total. The molecule has 2 aliphatic carbocycles. The van der Waals surface area contributed by atoms with Gasteiger partial charge in [-0.2, -0.15) is 0 Å². The van der Waals surface area contributed by atoms with Gasteiger partial charge in [-0.1, -0.05) is 13.0 Å². The first kappa shape index (κ1) is 12.6. The van der Waals surface area contributed by atoms with Crippen LogP contribution in [0.25, 0.3) is 0 Å². The Morgan fingerprint density at radius 3 is 2.35 bits per heavy atom. The minimum Gasteiger partial charge on any atom is -0.466 e. The number of carbonyl (C=O) groups excluding carboxylic acids is 1. The van der Waals surface area contributed by atoms with Gasteiger partial charge in [0.05, 0.1) is 7.11 Å². The molecule has 0 aromatic heterocycles. The molecule has 0 unspecified atom stereocenters. The van der Waals surface area contributed by atoms with Gasteiger partial charge in [-0.05, 0) is 43.9 Å². The molecule has 0 aliphatic heterocycles. The molecule has 0 atom stereocenters. The normalized spacial score (nSPS) is 20.8. The Hall–Kier alpha value is -0.830. The topological polar surface area (TPSA) is 38.3 Å². The van der Waals surface area contributed by atoms with Crippen LogP contribution in [-0.4, -0.2) is 25.7 Å². The van der Waals surface area contributed by atoms with Crippen LogP contribution in [0, 0.1) is 11.8 Å². The van der Waals surface area contributed by atoms with Crippen molar-refractivity contribution in [2.75, 3.05) is 13.7 Å². The number of ether oxygens (including phenoxy) is 1. The van der Waals surface area contributed by atoms with Crippen molar-refractivity contribution in [2.24, 2.45) is 11.8 Å². The standard InChI is InChI=1S/C14H23NO2/c1-3-10(14(16)17-2)8-9-15-13(11-4-5-11)12-6-7-12/h8,11-13,15H,3-7,9H2,1-2H3. The van der Waals surface area contributed by atoms with E-state index >= 15 is 0 Å². The molecule has 2 rings (SSSR count). The maximum absolute atomic E-state index is 11.4. The lowest BCUT2D eigenvalue weighted by molar-refractivity contribution is -0.136. The van der Waals surface area contributed by atoms with Crippen molar-refractivity contribution in [3.05, 3.63) is 11.6 Å². The van der Waals surface area contributed by atoms with E-state index in [0.717, 1.165) is 30.4 Å². The second-order valence-electron chi connectivity index (χ2n) is 5.18. The lowest BCUT2D eigenvalue weighted by atomic mass is 10.1. The van der Waals surface area contributed by atoms with Crippen LogP contribution >= 0.6 is 0 Å². The molecule has 0 spiro atoms. The number of methoxy groups -OCH3 is 1. The SMILES string of the molecule is CCC(=CCNC(C1CC1)C1CC1)C(=O)OC. The summed E-state index contributed by atoms with van der Waals surface area (Å²) in [4.78, 5) is 11.4.